The molecule has 2 saturated carbocycles. The standard InChI is InChI=1S/C33H44O4/c1-4-21(13-12-20(2)3)18-28-33-17-16-23(19-26(33)31(34)37-28)24-14-15-25-27(36-32(35)29(25)30(24)33)11-7-10-22-8-5-6-9-22/h11,18-24,30H,4-10,12-17H2,1-3H3/b27-11?,28-18-/t21-,23-,24-,30+,33+/m0/s1. The van der Waals surface area contributed by atoms with Crippen LogP contribution in [0.1, 0.15) is 104 Å². The first-order valence-electron chi connectivity index (χ1n) is 15.2. The monoisotopic (exact) mass is 504 g/mol. The fourth-order valence-corrected chi connectivity index (χ4v) is 8.61. The Kier molecular flexibility index (Phi) is 6.74. The Labute approximate surface area is 222 Å². The van der Waals surface area contributed by atoms with Gasteiger partial charge in [-0.2, -0.15) is 0 Å². The van der Waals surface area contributed by atoms with Gasteiger partial charge >= 0.3 is 11.9 Å². The summed E-state index contributed by atoms with van der Waals surface area (Å²) in [6, 6.07) is 0. The molecule has 0 N–H and O–H groups in total. The zero-order valence-corrected chi connectivity index (χ0v) is 23.0. The number of cyclic esters (lactones) is 2. The fraction of sp³-hybridized carbons (Fsp3) is 0.697. The van der Waals surface area contributed by atoms with E-state index in [1.54, 1.807) is 0 Å². The number of hydrogen-bond acceptors (Lipinski definition) is 4. The zero-order valence-electron chi connectivity index (χ0n) is 23.0. The van der Waals surface area contributed by atoms with Crippen LogP contribution in [-0.4, -0.2) is 11.9 Å². The molecule has 1 spiro atoms. The molecule has 0 amide bonds. The SMILES string of the molecule is CC[C@H](/C=C1\OC(=O)C2=C[C@@H]3CC[C@@]21[C@H]1C2=C(CC[C@@H]31)C(=CCCC1CCCC1)OC2=O)CCC(C)C. The van der Waals surface area contributed by atoms with Gasteiger partial charge in [-0.3, -0.25) is 0 Å². The molecule has 5 aliphatic carbocycles. The van der Waals surface area contributed by atoms with Gasteiger partial charge in [-0.05, 0) is 93.1 Å². The van der Waals surface area contributed by atoms with E-state index in [1.165, 1.54) is 32.1 Å². The molecule has 1 saturated heterocycles. The van der Waals surface area contributed by atoms with E-state index in [-0.39, 0.29) is 17.9 Å². The Morgan fingerprint density at radius 3 is 2.62 bits per heavy atom. The van der Waals surface area contributed by atoms with E-state index in [0.29, 0.717) is 23.7 Å². The zero-order chi connectivity index (χ0) is 25.7. The van der Waals surface area contributed by atoms with Crippen LogP contribution in [-0.2, 0) is 19.1 Å². The first kappa shape index (κ1) is 25.2. The smallest absolute Gasteiger partial charge is 0.340 e. The molecule has 0 aromatic carbocycles. The van der Waals surface area contributed by atoms with Crippen molar-refractivity contribution in [1.82, 2.24) is 0 Å². The van der Waals surface area contributed by atoms with Crippen LogP contribution in [0.4, 0.5) is 0 Å². The van der Waals surface area contributed by atoms with Crippen LogP contribution in [0, 0.1) is 40.9 Å². The van der Waals surface area contributed by atoms with Crippen LogP contribution in [0.5, 0.6) is 0 Å². The molecule has 4 nitrogen and oxygen atoms in total. The van der Waals surface area contributed by atoms with Crippen LogP contribution >= 0.6 is 0 Å². The largest absolute Gasteiger partial charge is 0.427 e. The number of hydrogen-bond donors (Lipinski definition) is 0. The second kappa shape index (κ2) is 9.89. The van der Waals surface area contributed by atoms with Gasteiger partial charge in [0, 0.05) is 22.6 Å². The Morgan fingerprint density at radius 1 is 1.05 bits per heavy atom. The normalized spacial score (nSPS) is 35.7. The minimum Gasteiger partial charge on any atom is -0.427 e. The van der Waals surface area contributed by atoms with Crippen molar-refractivity contribution in [3.63, 3.8) is 0 Å². The van der Waals surface area contributed by atoms with Crippen molar-refractivity contribution in [1.29, 1.82) is 0 Å². The quantitative estimate of drug-likeness (QED) is 0.315. The molecule has 2 bridgehead atoms. The molecule has 7 rings (SSSR count). The van der Waals surface area contributed by atoms with Crippen LogP contribution in [0.2, 0.25) is 0 Å². The summed E-state index contributed by atoms with van der Waals surface area (Å²) in [7, 11) is 0. The number of carbonyl (C=O) groups is 2. The number of rotatable bonds is 8. The van der Waals surface area contributed by atoms with Crippen molar-refractivity contribution in [3.05, 3.63) is 46.5 Å². The average molecular weight is 505 g/mol. The Balaban J connectivity index is 1.36. The first-order valence-corrected chi connectivity index (χ1v) is 15.2. The lowest BCUT2D eigenvalue weighted by Gasteiger charge is -2.54. The first-order chi connectivity index (χ1) is 17.9. The molecule has 4 heteroatoms. The third-order valence-corrected chi connectivity index (χ3v) is 10.6. The Bertz CT molecular complexity index is 1080. The van der Waals surface area contributed by atoms with Gasteiger partial charge in [0.1, 0.15) is 11.5 Å². The van der Waals surface area contributed by atoms with Crippen molar-refractivity contribution >= 4 is 11.9 Å². The highest BCUT2D eigenvalue weighted by molar-refractivity contribution is 5.99. The number of allylic oxidation sites excluding steroid dienone is 5. The Hall–Kier alpha value is -2.10. The molecule has 37 heavy (non-hydrogen) atoms. The summed E-state index contributed by atoms with van der Waals surface area (Å²) in [5, 5.41) is 0. The summed E-state index contributed by atoms with van der Waals surface area (Å²) in [6.07, 6.45) is 21.5. The molecule has 0 unspecified atom stereocenters. The van der Waals surface area contributed by atoms with E-state index < -0.39 is 5.41 Å². The molecular weight excluding hydrogens is 460 g/mol. The molecule has 0 aromatic heterocycles. The van der Waals surface area contributed by atoms with Crippen molar-refractivity contribution in [2.45, 2.75) is 104 Å². The highest BCUT2D eigenvalue weighted by atomic mass is 16.5. The summed E-state index contributed by atoms with van der Waals surface area (Å²) in [5.74, 6) is 3.92. The summed E-state index contributed by atoms with van der Waals surface area (Å²) < 4.78 is 12.1. The van der Waals surface area contributed by atoms with Crippen LogP contribution in [0.15, 0.2) is 46.5 Å². The number of esters is 2. The predicted octanol–water partition coefficient (Wildman–Crippen LogP) is 7.96. The maximum Gasteiger partial charge on any atom is 0.340 e. The summed E-state index contributed by atoms with van der Waals surface area (Å²) in [5.41, 5.74) is 2.35. The lowest BCUT2D eigenvalue weighted by atomic mass is 9.46. The number of carbonyl (C=O) groups excluding carboxylic acids is 2. The summed E-state index contributed by atoms with van der Waals surface area (Å²) in [4.78, 5) is 26.8. The van der Waals surface area contributed by atoms with Crippen molar-refractivity contribution in [2.24, 2.45) is 40.9 Å². The maximum absolute atomic E-state index is 13.5. The van der Waals surface area contributed by atoms with Crippen LogP contribution < -0.4 is 0 Å². The topological polar surface area (TPSA) is 52.6 Å². The van der Waals surface area contributed by atoms with E-state index >= 15 is 0 Å². The highest BCUT2D eigenvalue weighted by Gasteiger charge is 2.66. The minimum absolute atomic E-state index is 0.00327. The highest BCUT2D eigenvalue weighted by Crippen LogP contribution is 2.68. The molecule has 0 radical (unpaired) electrons. The number of fused-ring (bicyclic) bond motifs is 1. The molecule has 5 atom stereocenters. The molecule has 200 valence electrons. The molecule has 2 heterocycles. The lowest BCUT2D eigenvalue weighted by molar-refractivity contribution is -0.135. The average Bonchev–Trinajstić information content (AvgIpc) is 3.60. The molecular formula is C33H44O4. The van der Waals surface area contributed by atoms with Gasteiger partial charge in [0.05, 0.1) is 5.41 Å². The third kappa shape index (κ3) is 4.17. The van der Waals surface area contributed by atoms with Crippen molar-refractivity contribution in [3.8, 4) is 0 Å². The second-order valence-electron chi connectivity index (χ2n) is 13.1. The van der Waals surface area contributed by atoms with E-state index in [0.717, 1.165) is 85.5 Å². The third-order valence-electron chi connectivity index (χ3n) is 10.6. The van der Waals surface area contributed by atoms with Crippen LogP contribution in [0.25, 0.3) is 0 Å². The van der Waals surface area contributed by atoms with E-state index in [4.69, 9.17) is 9.47 Å². The van der Waals surface area contributed by atoms with Gasteiger partial charge < -0.3 is 9.47 Å². The van der Waals surface area contributed by atoms with Gasteiger partial charge in [-0.25, -0.2) is 9.59 Å². The summed E-state index contributed by atoms with van der Waals surface area (Å²) >= 11 is 0. The molecule has 0 aromatic rings. The van der Waals surface area contributed by atoms with Crippen molar-refractivity contribution in [2.75, 3.05) is 0 Å². The summed E-state index contributed by atoms with van der Waals surface area (Å²) in [6.45, 7) is 6.76. The van der Waals surface area contributed by atoms with Gasteiger partial charge in [-0.1, -0.05) is 59.0 Å². The molecule has 7 aliphatic rings. The fourth-order valence-electron chi connectivity index (χ4n) is 8.61. The maximum atomic E-state index is 13.5. The van der Waals surface area contributed by atoms with E-state index in [1.807, 2.05) is 0 Å². The van der Waals surface area contributed by atoms with E-state index in [2.05, 4.69) is 39.0 Å². The van der Waals surface area contributed by atoms with Gasteiger partial charge in [0.25, 0.3) is 0 Å². The van der Waals surface area contributed by atoms with Gasteiger partial charge in [-0.15, -0.1) is 0 Å². The number of ether oxygens (including phenoxy) is 2. The second-order valence-corrected chi connectivity index (χ2v) is 13.1. The van der Waals surface area contributed by atoms with Crippen LogP contribution in [0.3, 0.4) is 0 Å². The van der Waals surface area contributed by atoms with Gasteiger partial charge in [0.15, 0.2) is 0 Å². The minimum atomic E-state index is -0.485. The Morgan fingerprint density at radius 2 is 1.86 bits per heavy atom. The van der Waals surface area contributed by atoms with E-state index in [9.17, 15) is 9.59 Å². The molecule has 3 fully saturated rings. The predicted molar refractivity (Wildman–Crippen MR) is 144 cm³/mol. The van der Waals surface area contributed by atoms with Gasteiger partial charge in [0.2, 0.25) is 0 Å². The van der Waals surface area contributed by atoms with Crippen molar-refractivity contribution < 1.29 is 19.1 Å². The lowest BCUT2D eigenvalue weighted by Crippen LogP contribution is -2.50. The molecule has 2 aliphatic heterocycles.